The van der Waals surface area contributed by atoms with E-state index in [0.29, 0.717) is 0 Å². The van der Waals surface area contributed by atoms with Gasteiger partial charge in [-0.15, -0.1) is 11.8 Å². The Morgan fingerprint density at radius 3 is 2.79 bits per heavy atom. The summed E-state index contributed by atoms with van der Waals surface area (Å²) in [5.74, 6) is 0. The van der Waals surface area contributed by atoms with Crippen molar-refractivity contribution in [2.75, 3.05) is 6.26 Å². The van der Waals surface area contributed by atoms with E-state index in [9.17, 15) is 0 Å². The number of hydrogen-bond acceptors (Lipinski definition) is 2. The van der Waals surface area contributed by atoms with Crippen LogP contribution in [0.1, 0.15) is 18.9 Å². The van der Waals surface area contributed by atoms with Crippen LogP contribution in [0.2, 0.25) is 5.02 Å². The van der Waals surface area contributed by atoms with E-state index in [-0.39, 0.29) is 6.04 Å². The zero-order valence-corrected chi connectivity index (χ0v) is 10.2. The lowest BCUT2D eigenvalue weighted by molar-refractivity contribution is 0.641. The van der Waals surface area contributed by atoms with Crippen molar-refractivity contribution in [3.63, 3.8) is 0 Å². The summed E-state index contributed by atoms with van der Waals surface area (Å²) < 4.78 is 0. The first-order chi connectivity index (χ1) is 6.69. The van der Waals surface area contributed by atoms with Crippen LogP contribution in [-0.4, -0.2) is 12.3 Å². The van der Waals surface area contributed by atoms with Gasteiger partial charge in [0.05, 0.1) is 0 Å². The number of benzene rings is 1. The smallest absolute Gasteiger partial charge is 0.0449 e. The van der Waals surface area contributed by atoms with Gasteiger partial charge in [0, 0.05) is 16.0 Å². The molecule has 0 saturated carbocycles. The predicted octanol–water partition coefficient (Wildman–Crippen LogP) is 3.34. The lowest BCUT2D eigenvalue weighted by atomic mass is 10.0. The van der Waals surface area contributed by atoms with E-state index >= 15 is 0 Å². The fraction of sp³-hybridized carbons (Fsp3) is 0.455. The van der Waals surface area contributed by atoms with Crippen LogP contribution in [0, 0.1) is 0 Å². The van der Waals surface area contributed by atoms with Crippen LogP contribution < -0.4 is 5.73 Å². The van der Waals surface area contributed by atoms with E-state index in [1.807, 2.05) is 12.1 Å². The van der Waals surface area contributed by atoms with Crippen LogP contribution in [0.3, 0.4) is 0 Å². The summed E-state index contributed by atoms with van der Waals surface area (Å²) in [7, 11) is 0. The molecule has 0 saturated heterocycles. The Morgan fingerprint density at radius 1 is 1.50 bits per heavy atom. The second-order valence-electron chi connectivity index (χ2n) is 3.29. The van der Waals surface area contributed by atoms with Gasteiger partial charge in [-0.3, -0.25) is 0 Å². The molecule has 14 heavy (non-hydrogen) atoms. The molecule has 0 amide bonds. The van der Waals surface area contributed by atoms with Gasteiger partial charge in [-0.1, -0.05) is 24.6 Å². The minimum atomic E-state index is 0.209. The molecule has 0 aliphatic carbocycles. The largest absolute Gasteiger partial charge is 0.327 e. The summed E-state index contributed by atoms with van der Waals surface area (Å²) >= 11 is 7.86. The second kappa shape index (κ2) is 5.64. The molecule has 2 N–H and O–H groups in total. The number of hydrogen-bond donors (Lipinski definition) is 1. The van der Waals surface area contributed by atoms with Gasteiger partial charge in [-0.2, -0.15) is 0 Å². The molecule has 3 heteroatoms. The molecule has 1 aromatic rings. The SMILES string of the molecule is CCC(N)Cc1c(Cl)cccc1SC. The zero-order chi connectivity index (χ0) is 10.6. The molecule has 0 aliphatic heterocycles. The zero-order valence-electron chi connectivity index (χ0n) is 8.59. The van der Waals surface area contributed by atoms with Crippen LogP contribution in [0.4, 0.5) is 0 Å². The van der Waals surface area contributed by atoms with Crippen LogP contribution in [0.5, 0.6) is 0 Å². The predicted molar refractivity (Wildman–Crippen MR) is 65.2 cm³/mol. The van der Waals surface area contributed by atoms with Crippen molar-refractivity contribution in [2.45, 2.75) is 30.7 Å². The van der Waals surface area contributed by atoms with Crippen molar-refractivity contribution < 1.29 is 0 Å². The molecule has 0 fully saturated rings. The highest BCUT2D eigenvalue weighted by molar-refractivity contribution is 7.98. The number of rotatable bonds is 4. The molecule has 0 aromatic heterocycles. The highest BCUT2D eigenvalue weighted by Gasteiger charge is 2.09. The molecule has 1 rings (SSSR count). The fourth-order valence-electron chi connectivity index (χ4n) is 1.33. The molecule has 1 atom stereocenters. The van der Waals surface area contributed by atoms with E-state index in [0.717, 1.165) is 17.9 Å². The molecule has 1 aromatic carbocycles. The Labute approximate surface area is 95.0 Å². The van der Waals surface area contributed by atoms with E-state index < -0.39 is 0 Å². The van der Waals surface area contributed by atoms with Crippen molar-refractivity contribution in [1.82, 2.24) is 0 Å². The van der Waals surface area contributed by atoms with E-state index in [2.05, 4.69) is 19.2 Å². The minimum absolute atomic E-state index is 0.209. The van der Waals surface area contributed by atoms with E-state index in [1.165, 1.54) is 10.5 Å². The van der Waals surface area contributed by atoms with Gasteiger partial charge in [0.2, 0.25) is 0 Å². The van der Waals surface area contributed by atoms with E-state index in [4.69, 9.17) is 17.3 Å². The monoisotopic (exact) mass is 229 g/mol. The molecule has 0 heterocycles. The molecular weight excluding hydrogens is 214 g/mol. The van der Waals surface area contributed by atoms with Crippen molar-refractivity contribution in [2.24, 2.45) is 5.73 Å². The average molecular weight is 230 g/mol. The lowest BCUT2D eigenvalue weighted by Gasteiger charge is -2.13. The Kier molecular flexibility index (Phi) is 4.79. The Balaban J connectivity index is 2.92. The standard InChI is InChI=1S/C11H16ClNS/c1-3-8(13)7-9-10(12)5-4-6-11(9)14-2/h4-6,8H,3,7,13H2,1-2H3. The molecule has 1 nitrogen and oxygen atoms in total. The van der Waals surface area contributed by atoms with Gasteiger partial charge in [-0.05, 0) is 36.8 Å². The van der Waals surface area contributed by atoms with Gasteiger partial charge in [0.25, 0.3) is 0 Å². The third-order valence-corrected chi connectivity index (χ3v) is 3.46. The highest BCUT2D eigenvalue weighted by Crippen LogP contribution is 2.28. The van der Waals surface area contributed by atoms with Gasteiger partial charge in [-0.25, -0.2) is 0 Å². The second-order valence-corrected chi connectivity index (χ2v) is 4.55. The summed E-state index contributed by atoms with van der Waals surface area (Å²) in [6.07, 6.45) is 3.91. The number of nitrogens with two attached hydrogens (primary N) is 1. The summed E-state index contributed by atoms with van der Waals surface area (Å²) in [5.41, 5.74) is 7.12. The molecule has 0 radical (unpaired) electrons. The maximum Gasteiger partial charge on any atom is 0.0449 e. The summed E-state index contributed by atoms with van der Waals surface area (Å²) in [4.78, 5) is 1.24. The van der Waals surface area contributed by atoms with Crippen molar-refractivity contribution >= 4 is 23.4 Å². The van der Waals surface area contributed by atoms with Gasteiger partial charge in [0.1, 0.15) is 0 Å². The number of thioether (sulfide) groups is 1. The number of halogens is 1. The average Bonchev–Trinajstić information content (AvgIpc) is 2.20. The van der Waals surface area contributed by atoms with Crippen molar-refractivity contribution in [1.29, 1.82) is 0 Å². The molecule has 0 spiro atoms. The molecule has 78 valence electrons. The minimum Gasteiger partial charge on any atom is -0.327 e. The maximum absolute atomic E-state index is 6.14. The molecule has 1 unspecified atom stereocenters. The fourth-order valence-corrected chi connectivity index (χ4v) is 2.30. The van der Waals surface area contributed by atoms with Gasteiger partial charge >= 0.3 is 0 Å². The maximum atomic E-state index is 6.14. The van der Waals surface area contributed by atoms with Crippen molar-refractivity contribution in [3.05, 3.63) is 28.8 Å². The van der Waals surface area contributed by atoms with Crippen LogP contribution in [0.15, 0.2) is 23.1 Å². The molecular formula is C11H16ClNS. The quantitative estimate of drug-likeness (QED) is 0.802. The lowest BCUT2D eigenvalue weighted by Crippen LogP contribution is -2.21. The third kappa shape index (κ3) is 2.91. The third-order valence-electron chi connectivity index (χ3n) is 2.29. The van der Waals surface area contributed by atoms with E-state index in [1.54, 1.807) is 11.8 Å². The van der Waals surface area contributed by atoms with Crippen LogP contribution in [-0.2, 0) is 6.42 Å². The summed E-state index contributed by atoms with van der Waals surface area (Å²) in [6.45, 7) is 2.10. The first kappa shape index (κ1) is 11.9. The highest BCUT2D eigenvalue weighted by atomic mass is 35.5. The molecule has 0 bridgehead atoms. The van der Waals surface area contributed by atoms with Crippen LogP contribution >= 0.6 is 23.4 Å². The first-order valence-electron chi connectivity index (χ1n) is 4.76. The Morgan fingerprint density at radius 2 is 2.21 bits per heavy atom. The van der Waals surface area contributed by atoms with Crippen molar-refractivity contribution in [3.8, 4) is 0 Å². The van der Waals surface area contributed by atoms with Crippen LogP contribution in [0.25, 0.3) is 0 Å². The summed E-state index contributed by atoms with van der Waals surface area (Å²) in [5, 5.41) is 0.834. The Hall–Kier alpha value is -0.180. The first-order valence-corrected chi connectivity index (χ1v) is 6.36. The molecule has 0 aliphatic rings. The van der Waals surface area contributed by atoms with Gasteiger partial charge in [0.15, 0.2) is 0 Å². The normalized spacial score (nSPS) is 12.9. The van der Waals surface area contributed by atoms with Gasteiger partial charge < -0.3 is 5.73 Å². The topological polar surface area (TPSA) is 26.0 Å². The Bertz CT molecular complexity index is 301. The summed E-state index contributed by atoms with van der Waals surface area (Å²) in [6, 6.07) is 6.21.